The minimum Gasteiger partial charge on any atom is -0.481 e. The number of hydrogen-bond donors (Lipinski definition) is 1. The SMILES string of the molecule is Cc1cc(-c2ncsc2CC(=O)O)ccc1F. The third-order valence-corrected chi connectivity index (χ3v) is 3.22. The van der Waals surface area contributed by atoms with Gasteiger partial charge in [-0.15, -0.1) is 11.3 Å². The molecule has 0 saturated heterocycles. The van der Waals surface area contributed by atoms with Crippen molar-refractivity contribution in [3.63, 3.8) is 0 Å². The Morgan fingerprint density at radius 2 is 2.29 bits per heavy atom. The van der Waals surface area contributed by atoms with Gasteiger partial charge in [0.25, 0.3) is 0 Å². The van der Waals surface area contributed by atoms with Crippen LogP contribution in [0, 0.1) is 12.7 Å². The van der Waals surface area contributed by atoms with Crippen LogP contribution in [0.5, 0.6) is 0 Å². The standard InChI is InChI=1S/C12H10FNO2S/c1-7-4-8(2-3-9(7)13)12-10(5-11(15)16)17-6-14-12/h2-4,6H,5H2,1H3,(H,15,16). The Morgan fingerprint density at radius 3 is 2.94 bits per heavy atom. The summed E-state index contributed by atoms with van der Waals surface area (Å²) in [6.45, 7) is 1.67. The van der Waals surface area contributed by atoms with Gasteiger partial charge in [-0.05, 0) is 30.7 Å². The van der Waals surface area contributed by atoms with Gasteiger partial charge in [0.2, 0.25) is 0 Å². The van der Waals surface area contributed by atoms with Crippen molar-refractivity contribution < 1.29 is 14.3 Å². The number of rotatable bonds is 3. The fraction of sp³-hybridized carbons (Fsp3) is 0.167. The fourth-order valence-corrected chi connectivity index (χ4v) is 2.34. The highest BCUT2D eigenvalue weighted by Gasteiger charge is 2.12. The van der Waals surface area contributed by atoms with Crippen LogP contribution in [-0.4, -0.2) is 16.1 Å². The van der Waals surface area contributed by atoms with Gasteiger partial charge in [-0.25, -0.2) is 9.37 Å². The Hall–Kier alpha value is -1.75. The number of carbonyl (C=O) groups is 1. The number of aliphatic carboxylic acids is 1. The van der Waals surface area contributed by atoms with E-state index >= 15 is 0 Å². The quantitative estimate of drug-likeness (QED) is 0.912. The number of halogens is 1. The molecule has 0 fully saturated rings. The molecule has 1 heterocycles. The van der Waals surface area contributed by atoms with E-state index in [1.165, 1.54) is 17.4 Å². The molecule has 0 aliphatic heterocycles. The lowest BCUT2D eigenvalue weighted by molar-refractivity contribution is -0.136. The summed E-state index contributed by atoms with van der Waals surface area (Å²) >= 11 is 1.30. The molecule has 0 amide bonds. The maximum absolute atomic E-state index is 13.1. The summed E-state index contributed by atoms with van der Waals surface area (Å²) in [7, 11) is 0. The second-order valence-electron chi connectivity index (χ2n) is 3.66. The Balaban J connectivity index is 2.42. The molecule has 0 aliphatic rings. The van der Waals surface area contributed by atoms with Crippen molar-refractivity contribution >= 4 is 17.3 Å². The van der Waals surface area contributed by atoms with E-state index in [2.05, 4.69) is 4.98 Å². The summed E-state index contributed by atoms with van der Waals surface area (Å²) < 4.78 is 13.1. The van der Waals surface area contributed by atoms with E-state index in [4.69, 9.17) is 5.11 Å². The summed E-state index contributed by atoms with van der Waals surface area (Å²) in [5, 5.41) is 8.77. The largest absolute Gasteiger partial charge is 0.481 e. The van der Waals surface area contributed by atoms with Crippen LogP contribution in [-0.2, 0) is 11.2 Å². The molecule has 2 aromatic rings. The lowest BCUT2D eigenvalue weighted by Crippen LogP contribution is -1.99. The highest BCUT2D eigenvalue weighted by atomic mass is 32.1. The summed E-state index contributed by atoms with van der Waals surface area (Å²) in [5.74, 6) is -1.17. The van der Waals surface area contributed by atoms with Crippen molar-refractivity contribution in [2.24, 2.45) is 0 Å². The van der Waals surface area contributed by atoms with Crippen LogP contribution in [0.1, 0.15) is 10.4 Å². The molecule has 1 N–H and O–H groups in total. The average Bonchev–Trinajstić information content (AvgIpc) is 2.69. The Bertz CT molecular complexity index is 565. The highest BCUT2D eigenvalue weighted by Crippen LogP contribution is 2.27. The van der Waals surface area contributed by atoms with Crippen LogP contribution in [0.3, 0.4) is 0 Å². The molecule has 0 saturated carbocycles. The molecule has 0 radical (unpaired) electrons. The summed E-state index contributed by atoms with van der Waals surface area (Å²) in [5.41, 5.74) is 3.51. The maximum atomic E-state index is 13.1. The van der Waals surface area contributed by atoms with E-state index in [0.717, 1.165) is 5.56 Å². The Labute approximate surface area is 102 Å². The van der Waals surface area contributed by atoms with E-state index in [9.17, 15) is 9.18 Å². The van der Waals surface area contributed by atoms with Gasteiger partial charge >= 0.3 is 5.97 Å². The first-order chi connectivity index (χ1) is 8.08. The Morgan fingerprint density at radius 1 is 1.53 bits per heavy atom. The van der Waals surface area contributed by atoms with Crippen molar-refractivity contribution in [3.8, 4) is 11.3 Å². The van der Waals surface area contributed by atoms with Crippen LogP contribution in [0.25, 0.3) is 11.3 Å². The van der Waals surface area contributed by atoms with Crippen LogP contribution in [0.15, 0.2) is 23.7 Å². The number of benzene rings is 1. The number of carboxylic acid groups (broad SMARTS) is 1. The van der Waals surface area contributed by atoms with Gasteiger partial charge in [0, 0.05) is 10.4 Å². The predicted molar refractivity (Wildman–Crippen MR) is 63.6 cm³/mol. The lowest BCUT2D eigenvalue weighted by Gasteiger charge is -2.03. The van der Waals surface area contributed by atoms with Gasteiger partial charge in [0.15, 0.2) is 0 Å². The topological polar surface area (TPSA) is 50.2 Å². The van der Waals surface area contributed by atoms with Crippen LogP contribution < -0.4 is 0 Å². The summed E-state index contributed by atoms with van der Waals surface area (Å²) in [6.07, 6.45) is -0.0591. The molecule has 0 atom stereocenters. The first-order valence-corrected chi connectivity index (χ1v) is 5.86. The van der Waals surface area contributed by atoms with E-state index in [0.29, 0.717) is 16.1 Å². The van der Waals surface area contributed by atoms with E-state index in [1.54, 1.807) is 24.6 Å². The molecule has 3 nitrogen and oxygen atoms in total. The molecule has 1 aromatic heterocycles. The highest BCUT2D eigenvalue weighted by molar-refractivity contribution is 7.10. The van der Waals surface area contributed by atoms with Gasteiger partial charge in [0.1, 0.15) is 5.82 Å². The first kappa shape index (κ1) is 11.7. The number of hydrogen-bond acceptors (Lipinski definition) is 3. The maximum Gasteiger partial charge on any atom is 0.308 e. The van der Waals surface area contributed by atoms with Crippen molar-refractivity contribution in [3.05, 3.63) is 40.0 Å². The van der Waals surface area contributed by atoms with Gasteiger partial charge in [0.05, 0.1) is 17.6 Å². The number of carboxylic acids is 1. The zero-order valence-corrected chi connectivity index (χ0v) is 9.92. The molecule has 2 rings (SSSR count). The second kappa shape index (κ2) is 4.63. The van der Waals surface area contributed by atoms with Gasteiger partial charge in [-0.1, -0.05) is 0 Å². The molecule has 0 unspecified atom stereocenters. The van der Waals surface area contributed by atoms with Crippen LogP contribution in [0.4, 0.5) is 4.39 Å². The van der Waals surface area contributed by atoms with Gasteiger partial charge in [-0.3, -0.25) is 4.79 Å². The normalized spacial score (nSPS) is 10.5. The van der Waals surface area contributed by atoms with Crippen molar-refractivity contribution in [1.29, 1.82) is 0 Å². The zero-order chi connectivity index (χ0) is 12.4. The minimum atomic E-state index is -0.894. The lowest BCUT2D eigenvalue weighted by atomic mass is 10.1. The van der Waals surface area contributed by atoms with E-state index in [1.807, 2.05) is 0 Å². The molecule has 0 aliphatic carbocycles. The van der Waals surface area contributed by atoms with Crippen LogP contribution >= 0.6 is 11.3 Å². The average molecular weight is 251 g/mol. The number of aromatic nitrogens is 1. The molecule has 5 heteroatoms. The predicted octanol–water partition coefficient (Wildman–Crippen LogP) is 2.88. The van der Waals surface area contributed by atoms with Crippen LogP contribution in [0.2, 0.25) is 0 Å². The molecular formula is C12H10FNO2S. The van der Waals surface area contributed by atoms with Gasteiger partial charge in [-0.2, -0.15) is 0 Å². The van der Waals surface area contributed by atoms with E-state index < -0.39 is 5.97 Å². The molecule has 88 valence electrons. The minimum absolute atomic E-state index is 0.0591. The van der Waals surface area contributed by atoms with E-state index in [-0.39, 0.29) is 12.2 Å². The third-order valence-electron chi connectivity index (χ3n) is 2.38. The molecule has 0 spiro atoms. The number of thiazole rings is 1. The fourth-order valence-electron chi connectivity index (χ4n) is 1.56. The molecular weight excluding hydrogens is 241 g/mol. The van der Waals surface area contributed by atoms with Crippen molar-refractivity contribution in [1.82, 2.24) is 4.98 Å². The summed E-state index contributed by atoms with van der Waals surface area (Å²) in [4.78, 5) is 15.5. The number of nitrogens with zero attached hydrogens (tertiary/aromatic N) is 1. The zero-order valence-electron chi connectivity index (χ0n) is 9.11. The summed E-state index contributed by atoms with van der Waals surface area (Å²) in [6, 6.07) is 4.66. The third kappa shape index (κ3) is 2.50. The smallest absolute Gasteiger partial charge is 0.308 e. The van der Waals surface area contributed by atoms with Crippen molar-refractivity contribution in [2.75, 3.05) is 0 Å². The monoisotopic (exact) mass is 251 g/mol. The molecule has 1 aromatic carbocycles. The number of aryl methyl sites for hydroxylation is 1. The Kier molecular flexibility index (Phi) is 3.19. The first-order valence-electron chi connectivity index (χ1n) is 4.98. The molecule has 17 heavy (non-hydrogen) atoms. The molecule has 0 bridgehead atoms. The van der Waals surface area contributed by atoms with Gasteiger partial charge < -0.3 is 5.11 Å². The van der Waals surface area contributed by atoms with Crippen molar-refractivity contribution in [2.45, 2.75) is 13.3 Å². The second-order valence-corrected chi connectivity index (χ2v) is 4.60.